The van der Waals surface area contributed by atoms with Crippen LogP contribution in [0.25, 0.3) is 0 Å². The summed E-state index contributed by atoms with van der Waals surface area (Å²) in [5.74, 6) is -0.345. The Morgan fingerprint density at radius 3 is 2.54 bits per heavy atom. The van der Waals surface area contributed by atoms with Crippen molar-refractivity contribution in [3.63, 3.8) is 0 Å². The molecule has 5 heteroatoms. The first-order valence-electron chi connectivity index (χ1n) is 4.19. The molecule has 0 aliphatic rings. The third-order valence-corrected chi connectivity index (χ3v) is 1.84. The predicted molar refractivity (Wildman–Crippen MR) is 48.9 cm³/mol. The van der Waals surface area contributed by atoms with Crippen molar-refractivity contribution in [1.82, 2.24) is 5.48 Å². The summed E-state index contributed by atoms with van der Waals surface area (Å²) in [5.41, 5.74) is 7.16. The fourth-order valence-electron chi connectivity index (χ4n) is 1.10. The molecule has 0 aromatic heterocycles. The number of methoxy groups -OCH3 is 1. The Balaban J connectivity index is 4.23. The molecule has 0 unspecified atom stereocenters. The molecule has 0 aromatic rings. The van der Waals surface area contributed by atoms with E-state index in [9.17, 15) is 4.79 Å². The van der Waals surface area contributed by atoms with Crippen molar-refractivity contribution in [1.29, 1.82) is 0 Å². The summed E-state index contributed by atoms with van der Waals surface area (Å²) in [5, 5.41) is 0. The number of nitrogens with one attached hydrogen (secondary N) is 1. The number of carbonyl (C=O) groups excluding carboxylic acids is 1. The molecule has 1 atom stereocenters. The SMILES string of the molecule is CON[C@@](C)(CCCN)C(=O)OC. The zero-order valence-corrected chi connectivity index (χ0v) is 8.42. The topological polar surface area (TPSA) is 73.6 Å². The van der Waals surface area contributed by atoms with Crippen LogP contribution < -0.4 is 11.2 Å². The summed E-state index contributed by atoms with van der Waals surface area (Å²) in [7, 11) is 2.81. The van der Waals surface area contributed by atoms with Crippen molar-refractivity contribution in [2.45, 2.75) is 25.3 Å². The van der Waals surface area contributed by atoms with Crippen molar-refractivity contribution in [3.8, 4) is 0 Å². The average Bonchev–Trinajstić information content (AvgIpc) is 2.14. The Kier molecular flexibility index (Phi) is 5.61. The monoisotopic (exact) mass is 190 g/mol. The van der Waals surface area contributed by atoms with Crippen molar-refractivity contribution in [2.24, 2.45) is 5.73 Å². The van der Waals surface area contributed by atoms with Crippen LogP contribution in [0.4, 0.5) is 0 Å². The summed E-state index contributed by atoms with van der Waals surface area (Å²) >= 11 is 0. The first kappa shape index (κ1) is 12.3. The lowest BCUT2D eigenvalue weighted by atomic mass is 9.97. The summed E-state index contributed by atoms with van der Waals surface area (Å²) in [6.45, 7) is 2.26. The minimum atomic E-state index is -0.803. The van der Waals surface area contributed by atoms with Gasteiger partial charge in [-0.25, -0.2) is 4.79 Å². The van der Waals surface area contributed by atoms with Crippen LogP contribution in [-0.4, -0.2) is 32.3 Å². The molecule has 3 N–H and O–H groups in total. The van der Waals surface area contributed by atoms with Crippen LogP contribution in [0.1, 0.15) is 19.8 Å². The van der Waals surface area contributed by atoms with Crippen molar-refractivity contribution < 1.29 is 14.4 Å². The van der Waals surface area contributed by atoms with E-state index in [4.69, 9.17) is 10.6 Å². The minimum absolute atomic E-state index is 0.345. The summed E-state index contributed by atoms with van der Waals surface area (Å²) in [6.07, 6.45) is 1.33. The van der Waals surface area contributed by atoms with Gasteiger partial charge in [-0.15, -0.1) is 0 Å². The molecule has 0 saturated heterocycles. The molecule has 0 amide bonds. The zero-order chi connectivity index (χ0) is 10.3. The van der Waals surface area contributed by atoms with Gasteiger partial charge in [0.05, 0.1) is 14.2 Å². The summed E-state index contributed by atoms with van der Waals surface area (Å²) in [6, 6.07) is 0. The fourth-order valence-corrected chi connectivity index (χ4v) is 1.10. The van der Waals surface area contributed by atoms with E-state index in [1.165, 1.54) is 14.2 Å². The van der Waals surface area contributed by atoms with Gasteiger partial charge in [0.1, 0.15) is 5.54 Å². The van der Waals surface area contributed by atoms with Gasteiger partial charge >= 0.3 is 5.97 Å². The molecule has 5 nitrogen and oxygen atoms in total. The Labute approximate surface area is 78.5 Å². The standard InChI is InChI=1S/C8H18N2O3/c1-8(10-13-3,5-4-6-9)7(11)12-2/h10H,4-6,9H2,1-3H3/t8-/m0/s1. The number of rotatable bonds is 6. The molecule has 0 aliphatic heterocycles. The van der Waals surface area contributed by atoms with Crippen LogP contribution >= 0.6 is 0 Å². The third kappa shape index (κ3) is 3.71. The number of carbonyl (C=O) groups is 1. The molecule has 0 aliphatic carbocycles. The maximum Gasteiger partial charge on any atom is 0.328 e. The highest BCUT2D eigenvalue weighted by atomic mass is 16.6. The number of ether oxygens (including phenoxy) is 1. The lowest BCUT2D eigenvalue weighted by molar-refractivity contribution is -0.154. The molecule has 0 radical (unpaired) electrons. The smallest absolute Gasteiger partial charge is 0.328 e. The second-order valence-electron chi connectivity index (χ2n) is 3.02. The van der Waals surface area contributed by atoms with Gasteiger partial charge in [-0.1, -0.05) is 0 Å². The van der Waals surface area contributed by atoms with Crippen LogP contribution in [0, 0.1) is 0 Å². The van der Waals surface area contributed by atoms with Crippen molar-refractivity contribution in [2.75, 3.05) is 20.8 Å². The van der Waals surface area contributed by atoms with Crippen LogP contribution in [0.3, 0.4) is 0 Å². The average molecular weight is 190 g/mol. The molecular weight excluding hydrogens is 172 g/mol. The quantitative estimate of drug-likeness (QED) is 0.448. The molecule has 0 fully saturated rings. The van der Waals surface area contributed by atoms with Crippen molar-refractivity contribution >= 4 is 5.97 Å². The highest BCUT2D eigenvalue weighted by Gasteiger charge is 2.33. The van der Waals surface area contributed by atoms with E-state index in [2.05, 4.69) is 10.2 Å². The second-order valence-corrected chi connectivity index (χ2v) is 3.02. The molecule has 78 valence electrons. The Morgan fingerprint density at radius 1 is 1.54 bits per heavy atom. The van der Waals surface area contributed by atoms with E-state index >= 15 is 0 Å². The van der Waals surface area contributed by atoms with Crippen LogP contribution in [0.5, 0.6) is 0 Å². The van der Waals surface area contributed by atoms with Gasteiger partial charge in [-0.3, -0.25) is 0 Å². The van der Waals surface area contributed by atoms with Gasteiger partial charge in [0.25, 0.3) is 0 Å². The van der Waals surface area contributed by atoms with Gasteiger partial charge < -0.3 is 15.3 Å². The van der Waals surface area contributed by atoms with E-state index < -0.39 is 5.54 Å². The number of nitrogens with two attached hydrogens (primary N) is 1. The van der Waals surface area contributed by atoms with E-state index in [0.717, 1.165) is 6.42 Å². The summed E-state index contributed by atoms with van der Waals surface area (Å²) in [4.78, 5) is 16.1. The maximum absolute atomic E-state index is 11.3. The number of hydrogen-bond acceptors (Lipinski definition) is 5. The highest BCUT2D eigenvalue weighted by molar-refractivity contribution is 5.79. The molecule has 0 rings (SSSR count). The van der Waals surface area contributed by atoms with Gasteiger partial charge in [-0.2, -0.15) is 5.48 Å². The predicted octanol–water partition coefficient (Wildman–Crippen LogP) is -0.192. The third-order valence-electron chi connectivity index (χ3n) is 1.84. The minimum Gasteiger partial charge on any atom is -0.468 e. The van der Waals surface area contributed by atoms with Crippen molar-refractivity contribution in [3.05, 3.63) is 0 Å². The molecular formula is C8H18N2O3. The van der Waals surface area contributed by atoms with E-state index in [0.29, 0.717) is 13.0 Å². The molecule has 0 aromatic carbocycles. The number of esters is 1. The largest absolute Gasteiger partial charge is 0.468 e. The summed E-state index contributed by atoms with van der Waals surface area (Å²) < 4.78 is 4.64. The van der Waals surface area contributed by atoms with Gasteiger partial charge in [0.15, 0.2) is 0 Å². The first-order valence-corrected chi connectivity index (χ1v) is 4.19. The Bertz CT molecular complexity index is 163. The zero-order valence-electron chi connectivity index (χ0n) is 8.42. The molecule has 13 heavy (non-hydrogen) atoms. The van der Waals surface area contributed by atoms with Gasteiger partial charge in [-0.05, 0) is 26.3 Å². The van der Waals surface area contributed by atoms with E-state index in [1.807, 2.05) is 0 Å². The van der Waals surface area contributed by atoms with Gasteiger partial charge in [0.2, 0.25) is 0 Å². The normalized spacial score (nSPS) is 15.1. The first-order chi connectivity index (χ1) is 6.10. The molecule has 0 saturated carbocycles. The Morgan fingerprint density at radius 2 is 2.15 bits per heavy atom. The number of hydroxylamine groups is 1. The number of hydrogen-bond donors (Lipinski definition) is 2. The fraction of sp³-hybridized carbons (Fsp3) is 0.875. The van der Waals surface area contributed by atoms with E-state index in [1.54, 1.807) is 6.92 Å². The lowest BCUT2D eigenvalue weighted by Crippen LogP contribution is -2.49. The van der Waals surface area contributed by atoms with E-state index in [-0.39, 0.29) is 5.97 Å². The second kappa shape index (κ2) is 5.90. The molecule has 0 spiro atoms. The van der Waals surface area contributed by atoms with Crippen LogP contribution in [0.2, 0.25) is 0 Å². The Hall–Kier alpha value is -0.650. The molecule has 0 heterocycles. The molecule has 0 bridgehead atoms. The lowest BCUT2D eigenvalue weighted by Gasteiger charge is -2.26. The highest BCUT2D eigenvalue weighted by Crippen LogP contribution is 2.13. The maximum atomic E-state index is 11.3. The van der Waals surface area contributed by atoms with Crippen LogP contribution in [-0.2, 0) is 14.4 Å². The van der Waals surface area contributed by atoms with Gasteiger partial charge in [0, 0.05) is 0 Å². The van der Waals surface area contributed by atoms with Crippen LogP contribution in [0.15, 0.2) is 0 Å².